The van der Waals surface area contributed by atoms with Crippen LogP contribution >= 0.6 is 11.6 Å². The second-order valence-electron chi connectivity index (χ2n) is 2.68. The van der Waals surface area contributed by atoms with Crippen molar-refractivity contribution in [2.75, 3.05) is 6.61 Å². The number of aryl methyl sites for hydroxylation is 1. The zero-order chi connectivity index (χ0) is 9.14. The molecule has 3 nitrogen and oxygen atoms in total. The first kappa shape index (κ1) is 9.45. The van der Waals surface area contributed by atoms with Crippen molar-refractivity contribution in [3.8, 4) is 0 Å². The maximum absolute atomic E-state index is 8.79. The summed E-state index contributed by atoms with van der Waals surface area (Å²) in [5.74, 6) is 0. The standard InChI is InChI=1S/C8H11ClN2O/c1-5-2-6(7(10)4-12)8(9)11-3-5/h2-3,7,12H,4,10H2,1H3. The zero-order valence-electron chi connectivity index (χ0n) is 6.79. The minimum atomic E-state index is -0.440. The molecule has 0 aliphatic carbocycles. The lowest BCUT2D eigenvalue weighted by atomic mass is 10.1. The monoisotopic (exact) mass is 186 g/mol. The van der Waals surface area contributed by atoms with Gasteiger partial charge in [0.05, 0.1) is 12.6 Å². The molecular weight excluding hydrogens is 176 g/mol. The summed E-state index contributed by atoms with van der Waals surface area (Å²) in [5.41, 5.74) is 7.27. The molecule has 12 heavy (non-hydrogen) atoms. The summed E-state index contributed by atoms with van der Waals surface area (Å²) >= 11 is 5.77. The number of halogens is 1. The molecular formula is C8H11ClN2O. The molecule has 0 amide bonds. The van der Waals surface area contributed by atoms with E-state index >= 15 is 0 Å². The molecule has 0 aromatic carbocycles. The first-order chi connectivity index (χ1) is 5.65. The van der Waals surface area contributed by atoms with Gasteiger partial charge in [0.15, 0.2) is 0 Å². The summed E-state index contributed by atoms with van der Waals surface area (Å²) < 4.78 is 0. The summed E-state index contributed by atoms with van der Waals surface area (Å²) in [4.78, 5) is 3.92. The normalized spacial score (nSPS) is 13.0. The zero-order valence-corrected chi connectivity index (χ0v) is 7.54. The van der Waals surface area contributed by atoms with E-state index in [1.807, 2.05) is 13.0 Å². The summed E-state index contributed by atoms with van der Waals surface area (Å²) in [5, 5.41) is 9.16. The molecule has 4 heteroatoms. The van der Waals surface area contributed by atoms with E-state index in [1.165, 1.54) is 0 Å². The van der Waals surface area contributed by atoms with Gasteiger partial charge in [-0.3, -0.25) is 0 Å². The van der Waals surface area contributed by atoms with Crippen molar-refractivity contribution in [3.05, 3.63) is 28.5 Å². The summed E-state index contributed by atoms with van der Waals surface area (Å²) in [6.07, 6.45) is 1.66. The van der Waals surface area contributed by atoms with Gasteiger partial charge in [0, 0.05) is 11.8 Å². The minimum absolute atomic E-state index is 0.120. The van der Waals surface area contributed by atoms with Gasteiger partial charge in [-0.2, -0.15) is 0 Å². The molecule has 1 rings (SSSR count). The first-order valence-corrected chi connectivity index (χ1v) is 4.01. The Bertz CT molecular complexity index is 278. The second-order valence-corrected chi connectivity index (χ2v) is 3.04. The molecule has 0 spiro atoms. The molecule has 1 aromatic heterocycles. The average molecular weight is 187 g/mol. The molecule has 0 saturated carbocycles. The van der Waals surface area contributed by atoms with Crippen molar-refractivity contribution >= 4 is 11.6 Å². The van der Waals surface area contributed by atoms with Gasteiger partial charge >= 0.3 is 0 Å². The van der Waals surface area contributed by atoms with Gasteiger partial charge in [0.1, 0.15) is 5.15 Å². The van der Waals surface area contributed by atoms with Crippen molar-refractivity contribution in [2.24, 2.45) is 5.73 Å². The SMILES string of the molecule is Cc1cnc(Cl)c(C(N)CO)c1. The lowest BCUT2D eigenvalue weighted by molar-refractivity contribution is 0.268. The Morgan fingerprint density at radius 1 is 1.75 bits per heavy atom. The second kappa shape index (κ2) is 3.85. The highest BCUT2D eigenvalue weighted by molar-refractivity contribution is 6.30. The van der Waals surface area contributed by atoms with Crippen LogP contribution in [-0.4, -0.2) is 16.7 Å². The van der Waals surface area contributed by atoms with Crippen LogP contribution in [0.25, 0.3) is 0 Å². The van der Waals surface area contributed by atoms with Gasteiger partial charge in [-0.1, -0.05) is 11.6 Å². The van der Waals surface area contributed by atoms with E-state index in [1.54, 1.807) is 6.20 Å². The summed E-state index contributed by atoms with van der Waals surface area (Å²) in [6, 6.07) is 1.39. The molecule has 1 unspecified atom stereocenters. The molecule has 0 bridgehead atoms. The minimum Gasteiger partial charge on any atom is -0.394 e. The van der Waals surface area contributed by atoms with Crippen LogP contribution < -0.4 is 5.73 Å². The number of aliphatic hydroxyl groups excluding tert-OH is 1. The largest absolute Gasteiger partial charge is 0.394 e. The Hall–Kier alpha value is -0.640. The fourth-order valence-electron chi connectivity index (χ4n) is 0.933. The lowest BCUT2D eigenvalue weighted by Gasteiger charge is -2.09. The van der Waals surface area contributed by atoms with Gasteiger partial charge in [-0.05, 0) is 18.6 Å². The Kier molecular flexibility index (Phi) is 3.03. The van der Waals surface area contributed by atoms with E-state index in [2.05, 4.69) is 4.98 Å². The topological polar surface area (TPSA) is 59.1 Å². The highest BCUT2D eigenvalue weighted by Gasteiger charge is 2.09. The summed E-state index contributed by atoms with van der Waals surface area (Å²) in [7, 11) is 0. The van der Waals surface area contributed by atoms with Crippen LogP contribution in [0.3, 0.4) is 0 Å². The highest BCUT2D eigenvalue weighted by Crippen LogP contribution is 2.19. The molecule has 1 aromatic rings. The van der Waals surface area contributed by atoms with Crippen molar-refractivity contribution in [3.63, 3.8) is 0 Å². The number of aromatic nitrogens is 1. The van der Waals surface area contributed by atoms with Crippen LogP contribution in [0, 0.1) is 6.92 Å². The molecule has 0 aliphatic heterocycles. The molecule has 0 radical (unpaired) electrons. The molecule has 3 N–H and O–H groups in total. The van der Waals surface area contributed by atoms with Gasteiger partial charge < -0.3 is 10.8 Å². The number of nitrogens with zero attached hydrogens (tertiary/aromatic N) is 1. The van der Waals surface area contributed by atoms with E-state index in [-0.39, 0.29) is 6.61 Å². The maximum Gasteiger partial charge on any atom is 0.133 e. The highest BCUT2D eigenvalue weighted by atomic mass is 35.5. The van der Waals surface area contributed by atoms with E-state index < -0.39 is 6.04 Å². The Morgan fingerprint density at radius 2 is 2.42 bits per heavy atom. The third-order valence-electron chi connectivity index (χ3n) is 1.60. The fraction of sp³-hybridized carbons (Fsp3) is 0.375. The molecule has 1 heterocycles. The van der Waals surface area contributed by atoms with Gasteiger partial charge in [-0.15, -0.1) is 0 Å². The quantitative estimate of drug-likeness (QED) is 0.679. The van der Waals surface area contributed by atoms with Crippen LogP contribution in [0.1, 0.15) is 17.2 Å². The van der Waals surface area contributed by atoms with Crippen LogP contribution in [0.4, 0.5) is 0 Å². The van der Waals surface area contributed by atoms with Crippen molar-refractivity contribution in [1.82, 2.24) is 4.98 Å². The fourth-order valence-corrected chi connectivity index (χ4v) is 1.18. The van der Waals surface area contributed by atoms with E-state index in [0.29, 0.717) is 10.7 Å². The number of aliphatic hydroxyl groups is 1. The van der Waals surface area contributed by atoms with Crippen molar-refractivity contribution < 1.29 is 5.11 Å². The van der Waals surface area contributed by atoms with Crippen LogP contribution in [0.5, 0.6) is 0 Å². The molecule has 0 saturated heterocycles. The van der Waals surface area contributed by atoms with Gasteiger partial charge in [0.2, 0.25) is 0 Å². The lowest BCUT2D eigenvalue weighted by Crippen LogP contribution is -2.15. The average Bonchev–Trinajstić information content (AvgIpc) is 2.08. The summed E-state index contributed by atoms with van der Waals surface area (Å²) in [6.45, 7) is 1.78. The van der Waals surface area contributed by atoms with Gasteiger partial charge in [0.25, 0.3) is 0 Å². The smallest absolute Gasteiger partial charge is 0.133 e. The number of pyridine rings is 1. The predicted octanol–water partition coefficient (Wildman–Crippen LogP) is 1.04. The number of nitrogens with two attached hydrogens (primary N) is 1. The molecule has 1 atom stereocenters. The van der Waals surface area contributed by atoms with Crippen LogP contribution in [0.15, 0.2) is 12.3 Å². The predicted molar refractivity (Wildman–Crippen MR) is 48.0 cm³/mol. The number of hydrogen-bond acceptors (Lipinski definition) is 3. The third-order valence-corrected chi connectivity index (χ3v) is 1.91. The Labute approximate surface area is 76.2 Å². The number of hydrogen-bond donors (Lipinski definition) is 2. The molecule has 66 valence electrons. The maximum atomic E-state index is 8.79. The van der Waals surface area contributed by atoms with E-state index in [4.69, 9.17) is 22.4 Å². The third kappa shape index (κ3) is 1.94. The number of rotatable bonds is 2. The Balaban J connectivity index is 3.04. The Morgan fingerprint density at radius 3 is 3.00 bits per heavy atom. The molecule has 0 fully saturated rings. The van der Waals surface area contributed by atoms with Crippen molar-refractivity contribution in [2.45, 2.75) is 13.0 Å². The van der Waals surface area contributed by atoms with Crippen LogP contribution in [-0.2, 0) is 0 Å². The van der Waals surface area contributed by atoms with Crippen LogP contribution in [0.2, 0.25) is 5.15 Å². The first-order valence-electron chi connectivity index (χ1n) is 3.63. The van der Waals surface area contributed by atoms with Gasteiger partial charge in [-0.25, -0.2) is 4.98 Å². The van der Waals surface area contributed by atoms with E-state index in [9.17, 15) is 0 Å². The molecule has 0 aliphatic rings. The van der Waals surface area contributed by atoms with E-state index in [0.717, 1.165) is 5.56 Å². The van der Waals surface area contributed by atoms with Crippen molar-refractivity contribution in [1.29, 1.82) is 0 Å².